The average Bonchev–Trinajstić information content (AvgIpc) is 2.94. The minimum Gasteiger partial charge on any atom is -0.478 e. The molecule has 0 radical (unpaired) electrons. The van der Waals surface area contributed by atoms with E-state index < -0.39 is 11.9 Å². The molecule has 6 heteroatoms. The molecule has 5 aromatic carbocycles. The van der Waals surface area contributed by atoms with Crippen molar-refractivity contribution < 1.29 is 19.5 Å². The summed E-state index contributed by atoms with van der Waals surface area (Å²) in [5.74, 6) is -2.17. The van der Waals surface area contributed by atoms with Gasteiger partial charge in [-0.2, -0.15) is 0 Å². The molecule has 0 bridgehead atoms. The zero-order valence-corrected chi connectivity index (χ0v) is 19.7. The van der Waals surface area contributed by atoms with E-state index in [0.29, 0.717) is 11.4 Å². The van der Waals surface area contributed by atoms with Gasteiger partial charge in [0.15, 0.2) is 0 Å². The SMILES string of the molecule is O=C(O)c1ccccc1C(=O)Nc1ccccc1C(=O)N(c1ccccc1)c1ccc2ccccc2c1. The van der Waals surface area contributed by atoms with Crippen LogP contribution in [-0.4, -0.2) is 22.9 Å². The van der Waals surface area contributed by atoms with Crippen LogP contribution in [0.1, 0.15) is 31.1 Å². The van der Waals surface area contributed by atoms with E-state index in [1.807, 2.05) is 72.8 Å². The summed E-state index contributed by atoms with van der Waals surface area (Å²) in [7, 11) is 0. The van der Waals surface area contributed by atoms with E-state index in [1.54, 1.807) is 41.3 Å². The first kappa shape index (κ1) is 23.5. The van der Waals surface area contributed by atoms with Crippen LogP contribution in [0.2, 0.25) is 0 Å². The second-order valence-corrected chi connectivity index (χ2v) is 8.36. The predicted octanol–water partition coefficient (Wildman–Crippen LogP) is 6.77. The van der Waals surface area contributed by atoms with Crippen LogP contribution in [-0.2, 0) is 0 Å². The fraction of sp³-hybridized carbons (Fsp3) is 0. The molecule has 0 aromatic heterocycles. The predicted molar refractivity (Wildman–Crippen MR) is 145 cm³/mol. The smallest absolute Gasteiger partial charge is 0.336 e. The lowest BCUT2D eigenvalue weighted by Crippen LogP contribution is -2.27. The Morgan fingerprint density at radius 3 is 1.89 bits per heavy atom. The summed E-state index contributed by atoms with van der Waals surface area (Å²) in [4.78, 5) is 40.4. The lowest BCUT2D eigenvalue weighted by Gasteiger charge is -2.25. The van der Waals surface area contributed by atoms with Crippen LogP contribution in [0.15, 0.2) is 121 Å². The van der Waals surface area contributed by atoms with Crippen LogP contribution in [0.3, 0.4) is 0 Å². The molecule has 0 saturated heterocycles. The van der Waals surface area contributed by atoms with Crippen LogP contribution >= 0.6 is 0 Å². The molecule has 0 atom stereocenters. The highest BCUT2D eigenvalue weighted by Gasteiger charge is 2.24. The number of para-hydroxylation sites is 2. The molecule has 2 amide bonds. The molecule has 0 saturated carbocycles. The van der Waals surface area contributed by atoms with Crippen molar-refractivity contribution in [1.29, 1.82) is 0 Å². The summed E-state index contributed by atoms with van der Waals surface area (Å²) in [6, 6.07) is 35.6. The summed E-state index contributed by atoms with van der Waals surface area (Å²) in [5, 5.41) is 14.3. The maximum absolute atomic E-state index is 14.1. The second-order valence-electron chi connectivity index (χ2n) is 8.36. The molecule has 0 heterocycles. The zero-order valence-electron chi connectivity index (χ0n) is 19.7. The number of carboxylic acid groups (broad SMARTS) is 1. The Labute approximate surface area is 213 Å². The molecule has 0 aliphatic heterocycles. The number of fused-ring (bicyclic) bond motifs is 1. The molecular weight excluding hydrogens is 464 g/mol. The Morgan fingerprint density at radius 1 is 0.568 bits per heavy atom. The Kier molecular flexibility index (Phi) is 6.46. The molecule has 0 unspecified atom stereocenters. The highest BCUT2D eigenvalue weighted by molar-refractivity contribution is 6.17. The van der Waals surface area contributed by atoms with E-state index in [2.05, 4.69) is 5.32 Å². The number of hydrogen-bond donors (Lipinski definition) is 2. The van der Waals surface area contributed by atoms with E-state index in [0.717, 1.165) is 10.8 Å². The van der Waals surface area contributed by atoms with Gasteiger partial charge in [-0.05, 0) is 59.3 Å². The van der Waals surface area contributed by atoms with Gasteiger partial charge in [-0.1, -0.05) is 72.8 Å². The third-order valence-corrected chi connectivity index (χ3v) is 6.02. The van der Waals surface area contributed by atoms with Crippen molar-refractivity contribution >= 4 is 45.6 Å². The van der Waals surface area contributed by atoms with Gasteiger partial charge in [0.05, 0.1) is 22.4 Å². The Bertz CT molecular complexity index is 1630. The quantitative estimate of drug-likeness (QED) is 0.277. The number of hydrogen-bond acceptors (Lipinski definition) is 3. The maximum Gasteiger partial charge on any atom is 0.336 e. The normalized spacial score (nSPS) is 10.6. The molecule has 0 spiro atoms. The fourth-order valence-electron chi connectivity index (χ4n) is 4.23. The van der Waals surface area contributed by atoms with Crippen molar-refractivity contribution in [1.82, 2.24) is 0 Å². The summed E-state index contributed by atoms with van der Waals surface area (Å²) in [6.45, 7) is 0. The second kappa shape index (κ2) is 10.2. The van der Waals surface area contributed by atoms with E-state index in [4.69, 9.17) is 0 Å². The number of rotatable bonds is 6. The Morgan fingerprint density at radius 2 is 1.16 bits per heavy atom. The number of carbonyl (C=O) groups excluding carboxylic acids is 2. The summed E-state index contributed by atoms with van der Waals surface area (Å²) >= 11 is 0. The molecule has 0 aliphatic rings. The van der Waals surface area contributed by atoms with Gasteiger partial charge in [-0.15, -0.1) is 0 Å². The largest absolute Gasteiger partial charge is 0.478 e. The van der Waals surface area contributed by atoms with Crippen molar-refractivity contribution in [2.75, 3.05) is 10.2 Å². The van der Waals surface area contributed by atoms with Gasteiger partial charge >= 0.3 is 5.97 Å². The number of amides is 2. The summed E-state index contributed by atoms with van der Waals surface area (Å²) in [5.41, 5.74) is 1.77. The van der Waals surface area contributed by atoms with Gasteiger partial charge in [-0.3, -0.25) is 14.5 Å². The van der Waals surface area contributed by atoms with Gasteiger partial charge in [0, 0.05) is 11.4 Å². The molecule has 180 valence electrons. The standard InChI is InChI=1S/C31H22N2O4/c34-29(25-14-6-7-15-26(25)31(36)37)32-28-17-9-8-16-27(28)30(35)33(23-12-2-1-3-13-23)24-19-18-21-10-4-5-11-22(21)20-24/h1-20H,(H,32,34)(H,36,37). The van der Waals surface area contributed by atoms with E-state index in [1.165, 1.54) is 12.1 Å². The van der Waals surface area contributed by atoms with Crippen LogP contribution in [0, 0.1) is 0 Å². The number of nitrogens with one attached hydrogen (secondary N) is 1. The number of carbonyl (C=O) groups is 3. The van der Waals surface area contributed by atoms with Gasteiger partial charge < -0.3 is 10.4 Å². The molecular formula is C31H22N2O4. The molecule has 0 aliphatic carbocycles. The van der Waals surface area contributed by atoms with Crippen LogP contribution in [0.5, 0.6) is 0 Å². The van der Waals surface area contributed by atoms with Crippen molar-refractivity contribution in [2.45, 2.75) is 0 Å². The van der Waals surface area contributed by atoms with E-state index in [-0.39, 0.29) is 28.3 Å². The molecule has 6 nitrogen and oxygen atoms in total. The van der Waals surface area contributed by atoms with Gasteiger partial charge in [0.25, 0.3) is 11.8 Å². The summed E-state index contributed by atoms with van der Waals surface area (Å²) < 4.78 is 0. The minimum atomic E-state index is -1.21. The first-order valence-electron chi connectivity index (χ1n) is 11.6. The molecule has 2 N–H and O–H groups in total. The lowest BCUT2D eigenvalue weighted by molar-refractivity contribution is 0.0692. The molecule has 37 heavy (non-hydrogen) atoms. The monoisotopic (exact) mass is 486 g/mol. The first-order chi connectivity index (χ1) is 18.0. The average molecular weight is 487 g/mol. The van der Waals surface area contributed by atoms with E-state index in [9.17, 15) is 19.5 Å². The Hall–Kier alpha value is -5.23. The van der Waals surface area contributed by atoms with E-state index >= 15 is 0 Å². The first-order valence-corrected chi connectivity index (χ1v) is 11.6. The van der Waals surface area contributed by atoms with Crippen LogP contribution in [0.25, 0.3) is 10.8 Å². The van der Waals surface area contributed by atoms with Crippen molar-refractivity contribution in [2.24, 2.45) is 0 Å². The fourth-order valence-corrected chi connectivity index (χ4v) is 4.23. The third-order valence-electron chi connectivity index (χ3n) is 6.02. The molecule has 5 rings (SSSR count). The minimum absolute atomic E-state index is 0.00620. The Balaban J connectivity index is 1.56. The molecule has 0 fully saturated rings. The van der Waals surface area contributed by atoms with Crippen LogP contribution < -0.4 is 10.2 Å². The summed E-state index contributed by atoms with van der Waals surface area (Å²) in [6.07, 6.45) is 0. The zero-order chi connectivity index (χ0) is 25.8. The number of aromatic carboxylic acids is 1. The number of benzene rings is 5. The topological polar surface area (TPSA) is 86.7 Å². The van der Waals surface area contributed by atoms with Gasteiger partial charge in [0.1, 0.15) is 0 Å². The van der Waals surface area contributed by atoms with Crippen molar-refractivity contribution in [3.05, 3.63) is 138 Å². The maximum atomic E-state index is 14.1. The van der Waals surface area contributed by atoms with Gasteiger partial charge in [-0.25, -0.2) is 4.79 Å². The highest BCUT2D eigenvalue weighted by Crippen LogP contribution is 2.32. The van der Waals surface area contributed by atoms with Crippen LogP contribution in [0.4, 0.5) is 17.1 Å². The van der Waals surface area contributed by atoms with Crippen molar-refractivity contribution in [3.63, 3.8) is 0 Å². The third kappa shape index (κ3) is 4.81. The highest BCUT2D eigenvalue weighted by atomic mass is 16.4. The van der Waals surface area contributed by atoms with Crippen molar-refractivity contribution in [3.8, 4) is 0 Å². The molecule has 5 aromatic rings. The number of carboxylic acids is 1. The van der Waals surface area contributed by atoms with Gasteiger partial charge in [0.2, 0.25) is 0 Å². The number of nitrogens with zero attached hydrogens (tertiary/aromatic N) is 1. The number of anilines is 3. The lowest BCUT2D eigenvalue weighted by atomic mass is 10.1.